The minimum atomic E-state index is -0.682. The molecule has 6 heteroatoms. The summed E-state index contributed by atoms with van der Waals surface area (Å²) < 4.78 is 26.7. The van der Waals surface area contributed by atoms with Crippen LogP contribution in [0.4, 0.5) is 0 Å². The normalized spacial score (nSPS) is 27.5. The van der Waals surface area contributed by atoms with Gasteiger partial charge in [0.25, 0.3) is 5.90 Å². The number of hydrogen-bond acceptors (Lipinski definition) is 6. The van der Waals surface area contributed by atoms with Crippen molar-refractivity contribution in [2.75, 3.05) is 0 Å². The number of allylic oxidation sites excluding steroid dienone is 1. The van der Waals surface area contributed by atoms with Gasteiger partial charge in [0.2, 0.25) is 16.7 Å². The lowest BCUT2D eigenvalue weighted by Gasteiger charge is -2.18. The maximum atomic E-state index is 5.66. The van der Waals surface area contributed by atoms with Crippen LogP contribution in [-0.2, 0) is 18.9 Å². The molecular formula is C11H13NO4S. The maximum absolute atomic E-state index is 5.66. The highest BCUT2D eigenvalue weighted by molar-refractivity contribution is 8.01. The van der Waals surface area contributed by atoms with Crippen LogP contribution >= 0.6 is 11.9 Å². The van der Waals surface area contributed by atoms with Gasteiger partial charge in [0.05, 0.1) is 11.9 Å². The van der Waals surface area contributed by atoms with Crippen LogP contribution in [0.2, 0.25) is 0 Å². The molecule has 1 fully saturated rings. The molecule has 92 valence electrons. The molecule has 0 saturated carbocycles. The van der Waals surface area contributed by atoms with Gasteiger partial charge in [-0.15, -0.1) is 0 Å². The Labute approximate surface area is 104 Å². The van der Waals surface area contributed by atoms with Crippen molar-refractivity contribution in [1.82, 2.24) is 0 Å². The molecule has 0 radical (unpaired) electrons. The van der Waals surface area contributed by atoms with Crippen molar-refractivity contribution in [3.8, 4) is 0 Å². The van der Waals surface area contributed by atoms with Gasteiger partial charge in [-0.3, -0.25) is 0 Å². The number of ether oxygens (including phenoxy) is 4. The molecule has 0 aromatic heterocycles. The summed E-state index contributed by atoms with van der Waals surface area (Å²) in [5.41, 5.74) is 0. The summed E-state index contributed by atoms with van der Waals surface area (Å²) in [5, 5.41) is 0.634. The van der Waals surface area contributed by atoms with Crippen LogP contribution in [0.5, 0.6) is 0 Å². The number of fused-ring (bicyclic) bond motifs is 1. The molecule has 3 aliphatic rings. The third-order valence-corrected chi connectivity index (χ3v) is 2.99. The molecule has 0 aliphatic carbocycles. The van der Waals surface area contributed by atoms with Crippen LogP contribution in [0.15, 0.2) is 27.1 Å². The van der Waals surface area contributed by atoms with Gasteiger partial charge < -0.3 is 18.9 Å². The van der Waals surface area contributed by atoms with Crippen LogP contribution < -0.4 is 0 Å². The second kappa shape index (κ2) is 3.13. The van der Waals surface area contributed by atoms with Crippen LogP contribution in [-0.4, -0.2) is 17.5 Å². The Morgan fingerprint density at radius 3 is 2.47 bits per heavy atom. The monoisotopic (exact) mass is 255 g/mol. The second-order valence-corrected chi connectivity index (χ2v) is 5.59. The van der Waals surface area contributed by atoms with Gasteiger partial charge in [-0.25, -0.2) is 0 Å². The van der Waals surface area contributed by atoms with E-state index in [-0.39, 0.29) is 0 Å². The lowest BCUT2D eigenvalue weighted by molar-refractivity contribution is -0.116. The van der Waals surface area contributed by atoms with E-state index >= 15 is 0 Å². The molecule has 0 atom stereocenters. The maximum Gasteiger partial charge on any atom is 0.268 e. The van der Waals surface area contributed by atoms with Crippen molar-refractivity contribution < 1.29 is 18.9 Å². The first-order chi connectivity index (χ1) is 7.85. The van der Waals surface area contributed by atoms with Crippen molar-refractivity contribution in [3.05, 3.63) is 22.7 Å². The predicted molar refractivity (Wildman–Crippen MR) is 62.6 cm³/mol. The Kier molecular flexibility index (Phi) is 1.99. The molecule has 3 aliphatic heterocycles. The van der Waals surface area contributed by atoms with E-state index in [4.69, 9.17) is 18.9 Å². The first-order valence-electron chi connectivity index (χ1n) is 5.32. The van der Waals surface area contributed by atoms with Crippen LogP contribution in [0.25, 0.3) is 0 Å². The van der Waals surface area contributed by atoms with Gasteiger partial charge in [0.15, 0.2) is 11.5 Å². The third-order valence-electron chi connectivity index (χ3n) is 2.28. The largest absolute Gasteiger partial charge is 0.448 e. The third kappa shape index (κ3) is 1.86. The quantitative estimate of drug-likeness (QED) is 0.623. The van der Waals surface area contributed by atoms with Crippen molar-refractivity contribution >= 4 is 17.8 Å². The second-order valence-electron chi connectivity index (χ2n) is 4.86. The molecule has 0 spiro atoms. The average molecular weight is 255 g/mol. The summed E-state index contributed by atoms with van der Waals surface area (Å²) in [4.78, 5) is 0. The summed E-state index contributed by atoms with van der Waals surface area (Å²) >= 11 is 1.20. The van der Waals surface area contributed by atoms with Crippen LogP contribution in [0, 0.1) is 0 Å². The van der Waals surface area contributed by atoms with Gasteiger partial charge >= 0.3 is 0 Å². The number of nitrogens with zero attached hydrogens (tertiary/aromatic N) is 1. The lowest BCUT2D eigenvalue weighted by Crippen LogP contribution is -2.20. The highest BCUT2D eigenvalue weighted by Crippen LogP contribution is 2.42. The van der Waals surface area contributed by atoms with E-state index in [9.17, 15) is 0 Å². The highest BCUT2D eigenvalue weighted by Gasteiger charge is 2.41. The molecule has 1 saturated heterocycles. The Hall–Kier alpha value is -1.30. The van der Waals surface area contributed by atoms with Gasteiger partial charge in [0.1, 0.15) is 0 Å². The van der Waals surface area contributed by atoms with Crippen molar-refractivity contribution in [2.45, 2.75) is 39.3 Å². The smallest absolute Gasteiger partial charge is 0.268 e. The summed E-state index contributed by atoms with van der Waals surface area (Å²) in [6, 6.07) is 0. The topological polar surface area (TPSA) is 49.3 Å². The van der Waals surface area contributed by atoms with Crippen LogP contribution in [0.1, 0.15) is 27.7 Å². The summed E-state index contributed by atoms with van der Waals surface area (Å²) in [6.45, 7) is 7.37. The standard InChI is InChI=1S/C11H13NO4S/c1-10(2)13-6-5-7-9(16-11(3,4)14-7)17-12-8(6)15-10/h5H,1-4H3. The molecule has 5 nitrogen and oxygen atoms in total. The SMILES string of the molecule is CC1(C)OC2=CC3=C(OC(C)(C)O3)SN=C2O1. The van der Waals surface area contributed by atoms with Gasteiger partial charge in [-0.05, 0) is 0 Å². The van der Waals surface area contributed by atoms with E-state index in [0.29, 0.717) is 22.5 Å². The van der Waals surface area contributed by atoms with E-state index in [1.54, 1.807) is 6.08 Å². The Morgan fingerprint density at radius 2 is 1.71 bits per heavy atom. The van der Waals surface area contributed by atoms with Crippen LogP contribution in [0.3, 0.4) is 0 Å². The zero-order chi connectivity index (χ0) is 12.3. The Balaban J connectivity index is 1.94. The molecular weight excluding hydrogens is 242 g/mol. The average Bonchev–Trinajstić information content (AvgIpc) is 2.56. The Bertz CT molecular complexity index is 476. The minimum Gasteiger partial charge on any atom is -0.448 e. The van der Waals surface area contributed by atoms with E-state index < -0.39 is 11.6 Å². The first kappa shape index (κ1) is 10.8. The van der Waals surface area contributed by atoms with Crippen molar-refractivity contribution in [1.29, 1.82) is 0 Å². The van der Waals surface area contributed by atoms with Gasteiger partial charge in [-0.2, -0.15) is 4.40 Å². The Morgan fingerprint density at radius 1 is 1.00 bits per heavy atom. The molecule has 0 N–H and O–H groups in total. The minimum absolute atomic E-state index is 0.472. The lowest BCUT2D eigenvalue weighted by atomic mass is 10.4. The molecule has 0 aromatic carbocycles. The highest BCUT2D eigenvalue weighted by atomic mass is 32.2. The fourth-order valence-corrected chi connectivity index (χ4v) is 2.44. The number of hydrogen-bond donors (Lipinski definition) is 0. The van der Waals surface area contributed by atoms with Gasteiger partial charge in [0, 0.05) is 33.8 Å². The molecule has 17 heavy (non-hydrogen) atoms. The summed E-state index contributed by atoms with van der Waals surface area (Å²) in [6.07, 6.45) is 1.76. The van der Waals surface area contributed by atoms with E-state index in [1.807, 2.05) is 27.7 Å². The first-order valence-corrected chi connectivity index (χ1v) is 6.09. The molecule has 0 amide bonds. The molecule has 0 bridgehead atoms. The van der Waals surface area contributed by atoms with E-state index in [0.717, 1.165) is 0 Å². The zero-order valence-corrected chi connectivity index (χ0v) is 10.9. The fraction of sp³-hybridized carbons (Fsp3) is 0.545. The fourth-order valence-electron chi connectivity index (χ4n) is 1.72. The zero-order valence-electron chi connectivity index (χ0n) is 10.1. The van der Waals surface area contributed by atoms with E-state index in [2.05, 4.69) is 4.40 Å². The van der Waals surface area contributed by atoms with Gasteiger partial charge in [-0.1, -0.05) is 0 Å². The van der Waals surface area contributed by atoms with Crippen molar-refractivity contribution in [3.63, 3.8) is 0 Å². The molecule has 0 unspecified atom stereocenters. The predicted octanol–water partition coefficient (Wildman–Crippen LogP) is 2.67. The van der Waals surface area contributed by atoms with Crippen molar-refractivity contribution in [2.24, 2.45) is 4.40 Å². The van der Waals surface area contributed by atoms with E-state index in [1.165, 1.54) is 11.9 Å². The molecule has 0 aromatic rings. The number of rotatable bonds is 0. The molecule has 3 heterocycles. The summed E-state index contributed by atoms with van der Waals surface area (Å²) in [5.74, 6) is 0.345. The summed E-state index contributed by atoms with van der Waals surface area (Å²) in [7, 11) is 0. The molecule has 3 rings (SSSR count).